The highest BCUT2D eigenvalue weighted by Crippen LogP contribution is 2.21. The van der Waals surface area contributed by atoms with Gasteiger partial charge in [0.15, 0.2) is 0 Å². The molecule has 0 aliphatic carbocycles. The maximum Gasteiger partial charge on any atom is 0.312 e. The van der Waals surface area contributed by atoms with Crippen molar-refractivity contribution in [1.29, 1.82) is 0 Å². The summed E-state index contributed by atoms with van der Waals surface area (Å²) in [6.07, 6.45) is 4.00. The first kappa shape index (κ1) is 13.9. The SMILES string of the molecule is Cc1nn(CCCC(=O)n2cccn2)c(C)c1[N+](=O)[O-]. The summed E-state index contributed by atoms with van der Waals surface area (Å²) in [5, 5.41) is 18.9. The van der Waals surface area contributed by atoms with Gasteiger partial charge in [0.1, 0.15) is 11.4 Å². The molecule has 0 unspecified atom stereocenters. The van der Waals surface area contributed by atoms with Crippen LogP contribution in [0.5, 0.6) is 0 Å². The van der Waals surface area contributed by atoms with Crippen LogP contribution in [0.4, 0.5) is 5.69 Å². The zero-order valence-corrected chi connectivity index (χ0v) is 11.3. The first-order valence-corrected chi connectivity index (χ1v) is 6.22. The van der Waals surface area contributed by atoms with Crippen molar-refractivity contribution < 1.29 is 9.72 Å². The van der Waals surface area contributed by atoms with Crippen LogP contribution in [-0.2, 0) is 6.54 Å². The molecular weight excluding hydrogens is 262 g/mol. The smallest absolute Gasteiger partial charge is 0.273 e. The van der Waals surface area contributed by atoms with E-state index in [2.05, 4.69) is 10.2 Å². The molecule has 0 fully saturated rings. The Labute approximate surface area is 115 Å². The van der Waals surface area contributed by atoms with Gasteiger partial charge in [-0.15, -0.1) is 0 Å². The second-order valence-electron chi connectivity index (χ2n) is 4.45. The minimum Gasteiger partial charge on any atom is -0.273 e. The van der Waals surface area contributed by atoms with Gasteiger partial charge in [0.05, 0.1) is 4.92 Å². The lowest BCUT2D eigenvalue weighted by Crippen LogP contribution is -2.12. The van der Waals surface area contributed by atoms with Crippen molar-refractivity contribution in [2.75, 3.05) is 0 Å². The lowest BCUT2D eigenvalue weighted by atomic mass is 10.3. The predicted octanol–water partition coefficient (Wildman–Crippen LogP) is 1.73. The van der Waals surface area contributed by atoms with Crippen molar-refractivity contribution in [3.05, 3.63) is 40.0 Å². The van der Waals surface area contributed by atoms with Gasteiger partial charge in [0.2, 0.25) is 5.91 Å². The van der Waals surface area contributed by atoms with Crippen LogP contribution >= 0.6 is 0 Å². The van der Waals surface area contributed by atoms with E-state index >= 15 is 0 Å². The van der Waals surface area contributed by atoms with Gasteiger partial charge in [-0.25, -0.2) is 4.68 Å². The molecule has 2 rings (SSSR count). The summed E-state index contributed by atoms with van der Waals surface area (Å²) in [6.45, 7) is 3.73. The summed E-state index contributed by atoms with van der Waals surface area (Å²) in [7, 11) is 0. The second kappa shape index (κ2) is 5.64. The molecule has 0 aliphatic rings. The van der Waals surface area contributed by atoms with Crippen molar-refractivity contribution in [3.63, 3.8) is 0 Å². The quantitative estimate of drug-likeness (QED) is 0.612. The molecule has 2 aromatic rings. The number of nitrogens with zero attached hydrogens (tertiary/aromatic N) is 5. The Morgan fingerprint density at radius 2 is 2.20 bits per heavy atom. The normalized spacial score (nSPS) is 10.7. The maximum absolute atomic E-state index is 11.7. The molecule has 0 atom stereocenters. The Bertz CT molecular complexity index is 630. The molecule has 2 heterocycles. The number of nitro groups is 1. The molecule has 20 heavy (non-hydrogen) atoms. The topological polar surface area (TPSA) is 95.8 Å². The van der Waals surface area contributed by atoms with Gasteiger partial charge in [-0.05, 0) is 26.3 Å². The van der Waals surface area contributed by atoms with Gasteiger partial charge in [-0.3, -0.25) is 19.6 Å². The van der Waals surface area contributed by atoms with E-state index in [9.17, 15) is 14.9 Å². The van der Waals surface area contributed by atoms with E-state index in [1.807, 2.05) is 0 Å². The molecule has 2 aromatic heterocycles. The van der Waals surface area contributed by atoms with Gasteiger partial charge >= 0.3 is 5.69 Å². The van der Waals surface area contributed by atoms with Crippen molar-refractivity contribution in [2.45, 2.75) is 33.2 Å². The Balaban J connectivity index is 1.97. The van der Waals surface area contributed by atoms with Crippen molar-refractivity contribution in [2.24, 2.45) is 0 Å². The average molecular weight is 277 g/mol. The molecule has 0 radical (unpaired) electrons. The fraction of sp³-hybridized carbons (Fsp3) is 0.417. The second-order valence-corrected chi connectivity index (χ2v) is 4.45. The molecule has 0 saturated carbocycles. The van der Waals surface area contributed by atoms with Crippen LogP contribution in [-0.4, -0.2) is 30.4 Å². The molecular formula is C12H15N5O3. The summed E-state index contributed by atoms with van der Waals surface area (Å²) < 4.78 is 2.85. The van der Waals surface area contributed by atoms with E-state index < -0.39 is 4.92 Å². The maximum atomic E-state index is 11.7. The third kappa shape index (κ3) is 2.73. The highest BCUT2D eigenvalue weighted by Gasteiger charge is 2.21. The van der Waals surface area contributed by atoms with Crippen LogP contribution in [0.2, 0.25) is 0 Å². The first-order chi connectivity index (χ1) is 9.50. The lowest BCUT2D eigenvalue weighted by Gasteiger charge is -2.03. The van der Waals surface area contributed by atoms with E-state index in [0.717, 1.165) is 0 Å². The number of carbonyl (C=O) groups is 1. The highest BCUT2D eigenvalue weighted by atomic mass is 16.6. The summed E-state index contributed by atoms with van der Waals surface area (Å²) in [5.41, 5.74) is 0.952. The van der Waals surface area contributed by atoms with E-state index in [4.69, 9.17) is 0 Å². The van der Waals surface area contributed by atoms with Gasteiger partial charge in [-0.2, -0.15) is 10.2 Å². The molecule has 0 aromatic carbocycles. The monoisotopic (exact) mass is 277 g/mol. The summed E-state index contributed by atoms with van der Waals surface area (Å²) >= 11 is 0. The van der Waals surface area contributed by atoms with E-state index in [1.165, 1.54) is 4.68 Å². The number of hydrogen-bond acceptors (Lipinski definition) is 5. The Hall–Kier alpha value is -2.51. The fourth-order valence-corrected chi connectivity index (χ4v) is 2.08. The van der Waals surface area contributed by atoms with Crippen LogP contribution in [0.3, 0.4) is 0 Å². The fourth-order valence-electron chi connectivity index (χ4n) is 2.08. The van der Waals surface area contributed by atoms with Crippen LogP contribution in [0.1, 0.15) is 29.0 Å². The minimum absolute atomic E-state index is 0.0448. The number of aromatic nitrogens is 4. The zero-order valence-electron chi connectivity index (χ0n) is 11.3. The molecule has 0 N–H and O–H groups in total. The summed E-state index contributed by atoms with van der Waals surface area (Å²) in [4.78, 5) is 22.2. The van der Waals surface area contributed by atoms with Crippen molar-refractivity contribution in [1.82, 2.24) is 19.6 Å². The van der Waals surface area contributed by atoms with Crippen LogP contribution in [0.15, 0.2) is 18.5 Å². The molecule has 0 saturated heterocycles. The van der Waals surface area contributed by atoms with E-state index in [1.54, 1.807) is 37.0 Å². The first-order valence-electron chi connectivity index (χ1n) is 6.22. The molecule has 8 nitrogen and oxygen atoms in total. The standard InChI is InChI=1S/C12H15N5O3/c1-9-12(17(19)20)10(2)15(14-9)7-3-5-11(18)16-8-4-6-13-16/h4,6,8H,3,5,7H2,1-2H3. The lowest BCUT2D eigenvalue weighted by molar-refractivity contribution is -0.386. The van der Waals surface area contributed by atoms with Crippen LogP contribution < -0.4 is 0 Å². The average Bonchev–Trinajstić information content (AvgIpc) is 2.98. The van der Waals surface area contributed by atoms with Gasteiger partial charge in [-0.1, -0.05) is 0 Å². The van der Waals surface area contributed by atoms with Crippen molar-refractivity contribution >= 4 is 11.6 Å². The summed E-state index contributed by atoms with van der Waals surface area (Å²) in [6, 6.07) is 1.68. The number of hydrogen-bond donors (Lipinski definition) is 0. The van der Waals surface area contributed by atoms with Gasteiger partial charge < -0.3 is 0 Å². The molecule has 106 valence electrons. The van der Waals surface area contributed by atoms with Crippen LogP contribution in [0, 0.1) is 24.0 Å². The number of rotatable bonds is 5. The molecule has 0 bridgehead atoms. The largest absolute Gasteiger partial charge is 0.312 e. The third-order valence-corrected chi connectivity index (χ3v) is 3.05. The van der Waals surface area contributed by atoms with Gasteiger partial charge in [0, 0.05) is 25.4 Å². The molecule has 0 spiro atoms. The number of aryl methyl sites for hydroxylation is 2. The Morgan fingerprint density at radius 3 is 2.75 bits per heavy atom. The van der Waals surface area contributed by atoms with E-state index in [0.29, 0.717) is 30.8 Å². The number of carbonyl (C=O) groups excluding carboxylic acids is 1. The molecule has 0 aliphatic heterocycles. The highest BCUT2D eigenvalue weighted by molar-refractivity contribution is 5.77. The minimum atomic E-state index is -0.428. The Kier molecular flexibility index (Phi) is 3.92. The summed E-state index contributed by atoms with van der Waals surface area (Å²) in [5.74, 6) is -0.106. The molecule has 8 heteroatoms. The zero-order chi connectivity index (χ0) is 14.7. The van der Waals surface area contributed by atoms with Crippen molar-refractivity contribution in [3.8, 4) is 0 Å². The van der Waals surface area contributed by atoms with E-state index in [-0.39, 0.29) is 11.6 Å². The van der Waals surface area contributed by atoms with Crippen LogP contribution in [0.25, 0.3) is 0 Å². The Morgan fingerprint density at radius 1 is 1.45 bits per heavy atom. The van der Waals surface area contributed by atoms with Gasteiger partial charge in [0.25, 0.3) is 0 Å². The third-order valence-electron chi connectivity index (χ3n) is 3.05. The molecule has 0 amide bonds. The predicted molar refractivity (Wildman–Crippen MR) is 70.4 cm³/mol.